The van der Waals surface area contributed by atoms with Crippen LogP contribution in [-0.4, -0.2) is 17.3 Å². The van der Waals surface area contributed by atoms with Gasteiger partial charge >= 0.3 is 0 Å². The number of carbonyl (C=O) groups is 1. The second-order valence-corrected chi connectivity index (χ2v) is 9.43. The van der Waals surface area contributed by atoms with Crippen molar-refractivity contribution in [3.05, 3.63) is 107 Å². The summed E-state index contributed by atoms with van der Waals surface area (Å²) in [7, 11) is 1.61. The van der Waals surface area contributed by atoms with Crippen molar-refractivity contribution in [1.29, 1.82) is 0 Å². The van der Waals surface area contributed by atoms with Crippen LogP contribution >= 0.6 is 24.0 Å². The Balaban J connectivity index is 1.26. The molecule has 0 radical (unpaired) electrons. The third-order valence-corrected chi connectivity index (χ3v) is 6.82. The lowest BCUT2D eigenvalue weighted by molar-refractivity contribution is -0.113. The zero-order valence-corrected chi connectivity index (χ0v) is 20.1. The molecule has 6 heteroatoms. The largest absolute Gasteiger partial charge is 0.497 e. The number of thioether (sulfide) groups is 1. The Morgan fingerprint density at radius 2 is 1.59 bits per heavy atom. The standard InChI is InChI=1S/C28H21NO3S2/c1-31-24-14-10-23(11-15-24)29-27(30)26(34-28(29)33)17-19-7-12-25(13-8-19)32-18-20-6-9-21-4-2-3-5-22(21)16-20/h2-17H,18H2,1H3/b26-17+. The van der Waals surface area contributed by atoms with Gasteiger partial charge in [-0.3, -0.25) is 9.69 Å². The number of fused-ring (bicyclic) bond motifs is 1. The van der Waals surface area contributed by atoms with E-state index in [4.69, 9.17) is 21.7 Å². The van der Waals surface area contributed by atoms with Crippen molar-refractivity contribution < 1.29 is 14.3 Å². The quantitative estimate of drug-likeness (QED) is 0.222. The fourth-order valence-corrected chi connectivity index (χ4v) is 5.03. The molecule has 0 saturated carbocycles. The van der Waals surface area contributed by atoms with Gasteiger partial charge in [-0.25, -0.2) is 0 Å². The SMILES string of the molecule is COc1ccc(N2C(=O)/C(=C\c3ccc(OCc4ccc5ccccc5c4)cc3)SC2=S)cc1. The van der Waals surface area contributed by atoms with Crippen LogP contribution in [0.4, 0.5) is 5.69 Å². The van der Waals surface area contributed by atoms with Crippen LogP contribution < -0.4 is 14.4 Å². The summed E-state index contributed by atoms with van der Waals surface area (Å²) < 4.78 is 11.7. The molecule has 168 valence electrons. The highest BCUT2D eigenvalue weighted by Gasteiger charge is 2.33. The number of methoxy groups -OCH3 is 1. The van der Waals surface area contributed by atoms with E-state index in [2.05, 4.69) is 30.3 Å². The van der Waals surface area contributed by atoms with Gasteiger partial charge in [0, 0.05) is 0 Å². The third kappa shape index (κ3) is 4.69. The van der Waals surface area contributed by atoms with Gasteiger partial charge in [0.25, 0.3) is 5.91 Å². The molecule has 5 rings (SSSR count). The number of thiocarbonyl (C=S) groups is 1. The van der Waals surface area contributed by atoms with Gasteiger partial charge in [0.05, 0.1) is 17.7 Å². The van der Waals surface area contributed by atoms with Crippen LogP contribution in [0, 0.1) is 0 Å². The van der Waals surface area contributed by atoms with Gasteiger partial charge in [-0.2, -0.15) is 0 Å². The molecule has 0 aromatic heterocycles. The summed E-state index contributed by atoms with van der Waals surface area (Å²) in [6.45, 7) is 0.491. The highest BCUT2D eigenvalue weighted by atomic mass is 32.2. The molecule has 1 fully saturated rings. The number of carbonyl (C=O) groups excluding carboxylic acids is 1. The average molecular weight is 484 g/mol. The monoisotopic (exact) mass is 483 g/mol. The van der Waals surface area contributed by atoms with Crippen molar-refractivity contribution in [1.82, 2.24) is 0 Å². The van der Waals surface area contributed by atoms with Crippen molar-refractivity contribution in [2.24, 2.45) is 0 Å². The van der Waals surface area contributed by atoms with Gasteiger partial charge < -0.3 is 9.47 Å². The zero-order valence-electron chi connectivity index (χ0n) is 18.4. The van der Waals surface area contributed by atoms with E-state index in [1.165, 1.54) is 22.5 Å². The molecular formula is C28H21NO3S2. The number of benzene rings is 4. The lowest BCUT2D eigenvalue weighted by Gasteiger charge is -2.14. The van der Waals surface area contributed by atoms with Crippen LogP contribution in [0.5, 0.6) is 11.5 Å². The van der Waals surface area contributed by atoms with Crippen molar-refractivity contribution in [3.63, 3.8) is 0 Å². The summed E-state index contributed by atoms with van der Waals surface area (Å²) >= 11 is 6.76. The van der Waals surface area contributed by atoms with Gasteiger partial charge in [-0.15, -0.1) is 0 Å². The highest BCUT2D eigenvalue weighted by Crippen LogP contribution is 2.36. The molecule has 1 aliphatic rings. The molecule has 1 heterocycles. The Kier molecular flexibility index (Phi) is 6.34. The smallest absolute Gasteiger partial charge is 0.270 e. The molecule has 34 heavy (non-hydrogen) atoms. The predicted octanol–water partition coefficient (Wildman–Crippen LogP) is 6.83. The summed E-state index contributed by atoms with van der Waals surface area (Å²) in [5, 5.41) is 2.42. The van der Waals surface area contributed by atoms with Crippen LogP contribution in [-0.2, 0) is 11.4 Å². The first-order chi connectivity index (χ1) is 16.6. The maximum atomic E-state index is 13.0. The van der Waals surface area contributed by atoms with Gasteiger partial charge in [0.2, 0.25) is 0 Å². The fraction of sp³-hybridized carbons (Fsp3) is 0.0714. The molecule has 1 saturated heterocycles. The van der Waals surface area contributed by atoms with Crippen LogP contribution in [0.1, 0.15) is 11.1 Å². The molecule has 0 spiro atoms. The normalized spacial score (nSPS) is 14.7. The molecule has 4 aromatic rings. The first-order valence-electron chi connectivity index (χ1n) is 10.7. The van der Waals surface area contributed by atoms with Gasteiger partial charge in [0.15, 0.2) is 4.32 Å². The van der Waals surface area contributed by atoms with E-state index in [1.54, 1.807) is 12.0 Å². The number of anilines is 1. The Labute approximate surface area is 207 Å². The molecule has 0 atom stereocenters. The van der Waals surface area contributed by atoms with Crippen molar-refractivity contribution in [2.75, 3.05) is 12.0 Å². The minimum atomic E-state index is -0.128. The lowest BCUT2D eigenvalue weighted by Crippen LogP contribution is -2.27. The minimum Gasteiger partial charge on any atom is -0.497 e. The molecule has 4 nitrogen and oxygen atoms in total. The number of amides is 1. The molecule has 0 bridgehead atoms. The first kappa shape index (κ1) is 22.2. The number of hydrogen-bond acceptors (Lipinski definition) is 5. The maximum Gasteiger partial charge on any atom is 0.270 e. The first-order valence-corrected chi connectivity index (χ1v) is 12.0. The summed E-state index contributed by atoms with van der Waals surface area (Å²) in [4.78, 5) is 15.1. The average Bonchev–Trinajstić information content (AvgIpc) is 3.15. The van der Waals surface area contributed by atoms with Crippen LogP contribution in [0.2, 0.25) is 0 Å². The second-order valence-electron chi connectivity index (χ2n) is 7.75. The third-order valence-electron chi connectivity index (χ3n) is 5.52. The van der Waals surface area contributed by atoms with Crippen molar-refractivity contribution in [3.8, 4) is 11.5 Å². The fourth-order valence-electron chi connectivity index (χ4n) is 3.73. The van der Waals surface area contributed by atoms with E-state index in [9.17, 15) is 4.79 Å². The number of ether oxygens (including phenoxy) is 2. The zero-order chi connectivity index (χ0) is 23.5. The summed E-state index contributed by atoms with van der Waals surface area (Å²) in [5.74, 6) is 1.38. The van der Waals surface area contributed by atoms with Crippen LogP contribution in [0.3, 0.4) is 0 Å². The second kappa shape index (κ2) is 9.71. The minimum absolute atomic E-state index is 0.128. The molecule has 1 aliphatic heterocycles. The van der Waals surface area contributed by atoms with Crippen molar-refractivity contribution in [2.45, 2.75) is 6.61 Å². The topological polar surface area (TPSA) is 38.8 Å². The Morgan fingerprint density at radius 3 is 2.32 bits per heavy atom. The molecule has 1 amide bonds. The van der Waals surface area contributed by atoms with E-state index in [1.807, 2.05) is 66.7 Å². The van der Waals surface area contributed by atoms with Crippen LogP contribution in [0.15, 0.2) is 95.9 Å². The predicted molar refractivity (Wildman–Crippen MR) is 143 cm³/mol. The van der Waals surface area contributed by atoms with E-state index in [0.29, 0.717) is 15.8 Å². The Morgan fingerprint density at radius 1 is 0.882 bits per heavy atom. The number of rotatable bonds is 6. The summed E-state index contributed by atoms with van der Waals surface area (Å²) in [6, 6.07) is 29.6. The molecule has 0 aliphatic carbocycles. The molecule has 4 aromatic carbocycles. The van der Waals surface area contributed by atoms with E-state index >= 15 is 0 Å². The van der Waals surface area contributed by atoms with E-state index < -0.39 is 0 Å². The Hall–Kier alpha value is -3.61. The lowest BCUT2D eigenvalue weighted by atomic mass is 10.1. The van der Waals surface area contributed by atoms with E-state index in [-0.39, 0.29) is 5.91 Å². The maximum absolute atomic E-state index is 13.0. The van der Waals surface area contributed by atoms with Crippen LogP contribution in [0.25, 0.3) is 16.8 Å². The summed E-state index contributed by atoms with van der Waals surface area (Å²) in [5.41, 5.74) is 2.75. The molecule has 0 N–H and O–H groups in total. The summed E-state index contributed by atoms with van der Waals surface area (Å²) in [6.07, 6.45) is 1.86. The van der Waals surface area contributed by atoms with Crippen molar-refractivity contribution >= 4 is 56.7 Å². The van der Waals surface area contributed by atoms with Gasteiger partial charge in [-0.05, 0) is 70.4 Å². The number of nitrogens with zero attached hydrogens (tertiary/aromatic N) is 1. The van der Waals surface area contributed by atoms with Gasteiger partial charge in [-0.1, -0.05) is 72.5 Å². The van der Waals surface area contributed by atoms with Gasteiger partial charge in [0.1, 0.15) is 18.1 Å². The van der Waals surface area contributed by atoms with E-state index in [0.717, 1.165) is 28.3 Å². The molecular weight excluding hydrogens is 462 g/mol. The highest BCUT2D eigenvalue weighted by molar-refractivity contribution is 8.27. The number of hydrogen-bond donors (Lipinski definition) is 0. The molecule has 0 unspecified atom stereocenters. The Bertz CT molecular complexity index is 1400.